The molecule has 0 radical (unpaired) electrons. The Kier molecular flexibility index (Phi) is 5.32. The summed E-state index contributed by atoms with van der Waals surface area (Å²) in [5.41, 5.74) is 0.235. The highest BCUT2D eigenvalue weighted by molar-refractivity contribution is 5.86. The van der Waals surface area contributed by atoms with Gasteiger partial charge in [-0.15, -0.1) is 0 Å². The lowest BCUT2D eigenvalue weighted by Crippen LogP contribution is -2.16. The van der Waals surface area contributed by atoms with Crippen LogP contribution >= 0.6 is 0 Å². The Bertz CT molecular complexity index is 425. The molecule has 5 nitrogen and oxygen atoms in total. The molecule has 1 N–H and O–H groups in total. The Balaban J connectivity index is 1.73. The highest BCUT2D eigenvalue weighted by Crippen LogP contribution is 2.30. The van der Waals surface area contributed by atoms with Crippen LogP contribution < -0.4 is 5.32 Å². The molecular weight excluding hydrogens is 254 g/mol. The van der Waals surface area contributed by atoms with E-state index in [1.807, 2.05) is 0 Å². The van der Waals surface area contributed by atoms with Crippen LogP contribution in [0.15, 0.2) is 12.4 Å². The number of nitrogens with zero attached hydrogens (tertiary/aromatic N) is 2. The van der Waals surface area contributed by atoms with Crippen LogP contribution in [0.5, 0.6) is 0 Å². The summed E-state index contributed by atoms with van der Waals surface area (Å²) >= 11 is 0. The molecule has 0 bridgehead atoms. The van der Waals surface area contributed by atoms with Gasteiger partial charge in [0.1, 0.15) is 5.82 Å². The zero-order valence-electron chi connectivity index (χ0n) is 12.3. The second kappa shape index (κ2) is 7.22. The zero-order valence-corrected chi connectivity index (χ0v) is 12.3. The number of carbonyl (C=O) groups excluding carboxylic acids is 1. The van der Waals surface area contributed by atoms with Crippen molar-refractivity contribution in [3.05, 3.63) is 18.1 Å². The SMILES string of the molecule is COC(=O)c1cnc(NCCC2CCC(C)CC2)cn1. The molecule has 0 amide bonds. The molecule has 20 heavy (non-hydrogen) atoms. The van der Waals surface area contributed by atoms with Crippen LogP contribution in [0.4, 0.5) is 5.82 Å². The normalized spacial score (nSPS) is 22.3. The maximum Gasteiger partial charge on any atom is 0.358 e. The summed E-state index contributed by atoms with van der Waals surface area (Å²) in [6.45, 7) is 3.25. The van der Waals surface area contributed by atoms with E-state index in [-0.39, 0.29) is 5.69 Å². The quantitative estimate of drug-likeness (QED) is 0.838. The van der Waals surface area contributed by atoms with Gasteiger partial charge in [-0.25, -0.2) is 14.8 Å². The Hall–Kier alpha value is -1.65. The summed E-state index contributed by atoms with van der Waals surface area (Å²) in [5.74, 6) is 1.99. The number of hydrogen-bond donors (Lipinski definition) is 1. The summed E-state index contributed by atoms with van der Waals surface area (Å²) in [6.07, 6.45) is 9.60. The molecule has 1 aromatic rings. The van der Waals surface area contributed by atoms with Gasteiger partial charge in [-0.05, 0) is 18.3 Å². The molecule has 5 heteroatoms. The summed E-state index contributed by atoms with van der Waals surface area (Å²) in [4.78, 5) is 19.4. The van der Waals surface area contributed by atoms with Gasteiger partial charge < -0.3 is 10.1 Å². The van der Waals surface area contributed by atoms with Crippen molar-refractivity contribution in [2.24, 2.45) is 11.8 Å². The molecule has 0 saturated heterocycles. The van der Waals surface area contributed by atoms with Crippen LogP contribution in [-0.2, 0) is 4.74 Å². The Morgan fingerprint density at radius 1 is 1.30 bits per heavy atom. The maximum absolute atomic E-state index is 11.2. The Morgan fingerprint density at radius 2 is 2.05 bits per heavy atom. The molecule has 0 spiro atoms. The summed E-state index contributed by atoms with van der Waals surface area (Å²) in [5, 5.41) is 3.26. The lowest BCUT2D eigenvalue weighted by Gasteiger charge is -2.26. The van der Waals surface area contributed by atoms with Gasteiger partial charge in [-0.1, -0.05) is 32.6 Å². The molecule has 0 atom stereocenters. The molecule has 2 rings (SSSR count). The fourth-order valence-electron chi connectivity index (χ4n) is 2.65. The zero-order chi connectivity index (χ0) is 14.4. The Morgan fingerprint density at radius 3 is 2.65 bits per heavy atom. The highest BCUT2D eigenvalue weighted by atomic mass is 16.5. The van der Waals surface area contributed by atoms with E-state index in [1.54, 1.807) is 6.20 Å². The van der Waals surface area contributed by atoms with Crippen molar-refractivity contribution in [2.75, 3.05) is 19.0 Å². The standard InChI is InChI=1S/C15H23N3O2/c1-11-3-5-12(6-4-11)7-8-16-14-10-17-13(9-18-14)15(19)20-2/h9-12H,3-8H2,1-2H3,(H,16,18). The van der Waals surface area contributed by atoms with Gasteiger partial charge in [0.25, 0.3) is 0 Å². The number of ether oxygens (including phenoxy) is 1. The van der Waals surface area contributed by atoms with Crippen LogP contribution in [0.25, 0.3) is 0 Å². The maximum atomic E-state index is 11.2. The molecule has 0 aliphatic heterocycles. The average Bonchev–Trinajstić information content (AvgIpc) is 2.49. The van der Waals surface area contributed by atoms with Crippen LogP contribution in [0.1, 0.15) is 49.5 Å². The van der Waals surface area contributed by atoms with Crippen LogP contribution in [0, 0.1) is 11.8 Å². The van der Waals surface area contributed by atoms with Gasteiger partial charge in [0.2, 0.25) is 0 Å². The number of hydrogen-bond acceptors (Lipinski definition) is 5. The number of aromatic nitrogens is 2. The van der Waals surface area contributed by atoms with Crippen molar-refractivity contribution in [3.63, 3.8) is 0 Å². The van der Waals surface area contributed by atoms with E-state index in [0.29, 0.717) is 5.82 Å². The third kappa shape index (κ3) is 4.18. The number of methoxy groups -OCH3 is 1. The lowest BCUT2D eigenvalue weighted by atomic mass is 9.81. The fraction of sp³-hybridized carbons (Fsp3) is 0.667. The smallest absolute Gasteiger partial charge is 0.358 e. The third-order valence-corrected chi connectivity index (χ3v) is 4.04. The van der Waals surface area contributed by atoms with Gasteiger partial charge in [0, 0.05) is 6.54 Å². The average molecular weight is 277 g/mol. The number of carbonyl (C=O) groups is 1. The van der Waals surface area contributed by atoms with Crippen molar-refractivity contribution in [1.82, 2.24) is 9.97 Å². The van der Waals surface area contributed by atoms with Crippen molar-refractivity contribution in [2.45, 2.75) is 39.0 Å². The van der Waals surface area contributed by atoms with E-state index >= 15 is 0 Å². The van der Waals surface area contributed by atoms with Crippen LogP contribution in [0.3, 0.4) is 0 Å². The number of nitrogens with one attached hydrogen (secondary N) is 1. The second-order valence-electron chi connectivity index (χ2n) is 5.62. The van der Waals surface area contributed by atoms with Gasteiger partial charge in [0.05, 0.1) is 19.5 Å². The summed E-state index contributed by atoms with van der Waals surface area (Å²) < 4.78 is 4.58. The molecule has 1 aliphatic carbocycles. The van der Waals surface area contributed by atoms with Gasteiger partial charge in [-0.3, -0.25) is 0 Å². The van der Waals surface area contributed by atoms with E-state index in [9.17, 15) is 4.79 Å². The van der Waals surface area contributed by atoms with Crippen molar-refractivity contribution in [1.29, 1.82) is 0 Å². The van der Waals surface area contributed by atoms with Crippen LogP contribution in [-0.4, -0.2) is 29.6 Å². The molecule has 1 aliphatic rings. The molecule has 1 aromatic heterocycles. The van der Waals surface area contributed by atoms with Crippen molar-refractivity contribution < 1.29 is 9.53 Å². The first-order valence-corrected chi connectivity index (χ1v) is 7.33. The topological polar surface area (TPSA) is 64.1 Å². The van der Waals surface area contributed by atoms with Gasteiger partial charge in [0.15, 0.2) is 5.69 Å². The fourth-order valence-corrected chi connectivity index (χ4v) is 2.65. The second-order valence-corrected chi connectivity index (χ2v) is 5.62. The van der Waals surface area contributed by atoms with E-state index in [1.165, 1.54) is 45.4 Å². The molecule has 1 fully saturated rings. The third-order valence-electron chi connectivity index (χ3n) is 4.04. The largest absolute Gasteiger partial charge is 0.464 e. The summed E-state index contributed by atoms with van der Waals surface area (Å²) in [7, 11) is 1.33. The van der Waals surface area contributed by atoms with Crippen molar-refractivity contribution >= 4 is 11.8 Å². The van der Waals surface area contributed by atoms with E-state index in [2.05, 4.69) is 26.9 Å². The van der Waals surface area contributed by atoms with E-state index in [0.717, 1.165) is 18.4 Å². The van der Waals surface area contributed by atoms with Crippen LogP contribution in [0.2, 0.25) is 0 Å². The number of rotatable bonds is 5. The van der Waals surface area contributed by atoms with E-state index in [4.69, 9.17) is 0 Å². The predicted octanol–water partition coefficient (Wildman–Crippen LogP) is 2.89. The number of anilines is 1. The minimum Gasteiger partial charge on any atom is -0.464 e. The van der Waals surface area contributed by atoms with Gasteiger partial charge >= 0.3 is 5.97 Å². The highest BCUT2D eigenvalue weighted by Gasteiger charge is 2.17. The van der Waals surface area contributed by atoms with E-state index < -0.39 is 5.97 Å². The minimum absolute atomic E-state index is 0.235. The van der Waals surface area contributed by atoms with Gasteiger partial charge in [-0.2, -0.15) is 0 Å². The molecule has 1 saturated carbocycles. The first kappa shape index (κ1) is 14.8. The first-order valence-electron chi connectivity index (χ1n) is 7.33. The predicted molar refractivity (Wildman–Crippen MR) is 77.6 cm³/mol. The van der Waals surface area contributed by atoms with Crippen molar-refractivity contribution in [3.8, 4) is 0 Å². The summed E-state index contributed by atoms with van der Waals surface area (Å²) in [6, 6.07) is 0. The molecule has 1 heterocycles. The number of esters is 1. The molecule has 0 unspecified atom stereocenters. The first-order chi connectivity index (χ1) is 9.69. The Labute approximate surface area is 120 Å². The molecular formula is C15H23N3O2. The molecule has 0 aromatic carbocycles. The lowest BCUT2D eigenvalue weighted by molar-refractivity contribution is 0.0593. The minimum atomic E-state index is -0.458. The monoisotopic (exact) mass is 277 g/mol. The molecule has 110 valence electrons.